The summed E-state index contributed by atoms with van der Waals surface area (Å²) in [6.07, 6.45) is 5.26. The average Bonchev–Trinajstić information content (AvgIpc) is 2.44. The molecule has 3 rings (SSSR count). The minimum Gasteiger partial charge on any atom is -0.507 e. The summed E-state index contributed by atoms with van der Waals surface area (Å²) in [4.78, 5) is 0. The molecule has 0 bridgehead atoms. The van der Waals surface area contributed by atoms with Gasteiger partial charge in [-0.2, -0.15) is 0 Å². The van der Waals surface area contributed by atoms with E-state index in [2.05, 4.69) is 5.16 Å². The van der Waals surface area contributed by atoms with E-state index in [1.165, 1.54) is 0 Å². The van der Waals surface area contributed by atoms with Crippen molar-refractivity contribution in [2.75, 3.05) is 0 Å². The van der Waals surface area contributed by atoms with Gasteiger partial charge in [0.15, 0.2) is 0 Å². The Balaban J connectivity index is 2.19. The van der Waals surface area contributed by atoms with Crippen molar-refractivity contribution >= 4 is 5.71 Å². The molecule has 0 atom stereocenters. The normalized spacial score (nSPS) is 21.4. The number of hydrogen-bond acceptors (Lipinski definition) is 4. The van der Waals surface area contributed by atoms with Crippen molar-refractivity contribution in [1.29, 1.82) is 0 Å². The Morgan fingerprint density at radius 2 is 2.05 bits per heavy atom. The molecular weight excluding hydrogens is 254 g/mol. The molecule has 0 radical (unpaired) electrons. The Morgan fingerprint density at radius 1 is 1.30 bits per heavy atom. The van der Waals surface area contributed by atoms with Gasteiger partial charge in [0.2, 0.25) is 0 Å². The van der Waals surface area contributed by atoms with Crippen LogP contribution in [0, 0.1) is 0 Å². The van der Waals surface area contributed by atoms with Crippen LogP contribution in [0.25, 0.3) is 0 Å². The van der Waals surface area contributed by atoms with Crippen molar-refractivity contribution in [2.24, 2.45) is 5.16 Å². The summed E-state index contributed by atoms with van der Waals surface area (Å²) < 4.78 is 6.22. The number of oxime groups is 1. The largest absolute Gasteiger partial charge is 0.507 e. The third-order valence-corrected chi connectivity index (χ3v) is 4.67. The Labute approximate surface area is 119 Å². The van der Waals surface area contributed by atoms with Gasteiger partial charge >= 0.3 is 0 Å². The summed E-state index contributed by atoms with van der Waals surface area (Å²) in [5.41, 5.74) is 3.00. The van der Waals surface area contributed by atoms with Crippen molar-refractivity contribution in [3.63, 3.8) is 0 Å². The summed E-state index contributed by atoms with van der Waals surface area (Å²) in [5.74, 6) is 1.10. The van der Waals surface area contributed by atoms with Gasteiger partial charge in [-0.15, -0.1) is 0 Å². The van der Waals surface area contributed by atoms with Gasteiger partial charge < -0.3 is 15.1 Å². The lowest BCUT2D eigenvalue weighted by Crippen LogP contribution is -2.48. The number of fused-ring (bicyclic) bond motifs is 1. The van der Waals surface area contributed by atoms with E-state index in [0.717, 1.165) is 48.1 Å². The maximum Gasteiger partial charge on any atom is 0.130 e. The minimum absolute atomic E-state index is 0.179. The molecular formula is C16H21NO3. The van der Waals surface area contributed by atoms with Crippen LogP contribution in [0.1, 0.15) is 56.2 Å². The second-order valence-corrected chi connectivity index (χ2v) is 5.81. The zero-order valence-corrected chi connectivity index (χ0v) is 12.1. The lowest BCUT2D eigenvalue weighted by molar-refractivity contribution is -0.00568. The van der Waals surface area contributed by atoms with Gasteiger partial charge in [-0.1, -0.05) is 19.0 Å². The van der Waals surface area contributed by atoms with E-state index in [4.69, 9.17) is 4.74 Å². The van der Waals surface area contributed by atoms with Crippen LogP contribution in [0.4, 0.5) is 0 Å². The Kier molecular flexibility index (Phi) is 3.11. The molecule has 1 heterocycles. The van der Waals surface area contributed by atoms with Crippen LogP contribution in [-0.4, -0.2) is 21.6 Å². The van der Waals surface area contributed by atoms with E-state index in [0.29, 0.717) is 24.3 Å². The van der Waals surface area contributed by atoms with Gasteiger partial charge in [0.1, 0.15) is 17.1 Å². The molecule has 0 saturated heterocycles. The van der Waals surface area contributed by atoms with E-state index in [1.807, 2.05) is 19.9 Å². The molecule has 1 spiro atoms. The summed E-state index contributed by atoms with van der Waals surface area (Å²) in [5, 5.41) is 23.2. The van der Waals surface area contributed by atoms with E-state index < -0.39 is 0 Å². The fourth-order valence-corrected chi connectivity index (χ4v) is 3.37. The van der Waals surface area contributed by atoms with Crippen molar-refractivity contribution in [3.05, 3.63) is 22.8 Å². The fourth-order valence-electron chi connectivity index (χ4n) is 3.37. The van der Waals surface area contributed by atoms with Crippen LogP contribution in [0.15, 0.2) is 11.2 Å². The van der Waals surface area contributed by atoms with Gasteiger partial charge in [0.25, 0.3) is 0 Å². The lowest BCUT2D eigenvalue weighted by atomic mass is 9.73. The maximum absolute atomic E-state index is 10.4. The number of rotatable bonds is 2. The minimum atomic E-state index is -0.179. The molecule has 20 heavy (non-hydrogen) atoms. The van der Waals surface area contributed by atoms with Gasteiger partial charge in [0, 0.05) is 17.5 Å². The van der Waals surface area contributed by atoms with E-state index in [1.54, 1.807) is 0 Å². The quantitative estimate of drug-likeness (QED) is 0.642. The van der Waals surface area contributed by atoms with Crippen LogP contribution in [-0.2, 0) is 12.8 Å². The lowest BCUT2D eigenvalue weighted by Gasteiger charge is -2.45. The van der Waals surface area contributed by atoms with Crippen molar-refractivity contribution < 1.29 is 15.1 Å². The van der Waals surface area contributed by atoms with E-state index in [-0.39, 0.29) is 5.60 Å². The third-order valence-electron chi connectivity index (χ3n) is 4.67. The second kappa shape index (κ2) is 4.69. The molecule has 108 valence electrons. The standard InChI is InChI=1S/C16H21NO3/c1-3-10-8-13-14(11(4-2)15(10)18)12(17-19)9-16(20-13)6-5-7-16/h8,18-19H,3-7,9H2,1-2H3. The molecule has 0 amide bonds. The third kappa shape index (κ3) is 1.78. The number of hydrogen-bond donors (Lipinski definition) is 2. The first-order valence-electron chi connectivity index (χ1n) is 7.42. The molecule has 2 aliphatic rings. The Morgan fingerprint density at radius 3 is 2.55 bits per heavy atom. The van der Waals surface area contributed by atoms with Crippen LogP contribution in [0.5, 0.6) is 11.5 Å². The number of ether oxygens (including phenoxy) is 1. The van der Waals surface area contributed by atoms with Gasteiger partial charge in [-0.05, 0) is 43.7 Å². The number of phenolic OH excluding ortho intramolecular Hbond substituents is 1. The van der Waals surface area contributed by atoms with Crippen LogP contribution in [0.2, 0.25) is 0 Å². The molecule has 1 fully saturated rings. The highest BCUT2D eigenvalue weighted by atomic mass is 16.5. The van der Waals surface area contributed by atoms with Crippen LogP contribution < -0.4 is 4.74 Å². The molecule has 1 aliphatic carbocycles. The first kappa shape index (κ1) is 13.3. The topological polar surface area (TPSA) is 62.1 Å². The summed E-state index contributed by atoms with van der Waals surface area (Å²) >= 11 is 0. The van der Waals surface area contributed by atoms with E-state index in [9.17, 15) is 10.3 Å². The number of nitrogens with zero attached hydrogens (tertiary/aromatic N) is 1. The van der Waals surface area contributed by atoms with Crippen LogP contribution in [0.3, 0.4) is 0 Å². The molecule has 4 nitrogen and oxygen atoms in total. The van der Waals surface area contributed by atoms with Gasteiger partial charge in [-0.3, -0.25) is 0 Å². The molecule has 0 aromatic heterocycles. The van der Waals surface area contributed by atoms with E-state index >= 15 is 0 Å². The zero-order valence-electron chi connectivity index (χ0n) is 12.1. The first-order chi connectivity index (χ1) is 9.64. The molecule has 1 aromatic rings. The molecule has 1 aliphatic heterocycles. The average molecular weight is 275 g/mol. The van der Waals surface area contributed by atoms with Gasteiger partial charge in [0.05, 0.1) is 5.71 Å². The maximum atomic E-state index is 10.4. The SMILES string of the molecule is CCc1cc2c(c(CC)c1O)C(=NO)CC1(CCC1)O2. The van der Waals surface area contributed by atoms with Crippen molar-refractivity contribution in [3.8, 4) is 11.5 Å². The molecule has 2 N–H and O–H groups in total. The first-order valence-corrected chi connectivity index (χ1v) is 7.42. The van der Waals surface area contributed by atoms with Gasteiger partial charge in [-0.25, -0.2) is 0 Å². The Bertz CT molecular complexity index is 574. The van der Waals surface area contributed by atoms with Crippen LogP contribution >= 0.6 is 0 Å². The molecule has 1 aromatic carbocycles. The monoisotopic (exact) mass is 275 g/mol. The highest BCUT2D eigenvalue weighted by molar-refractivity contribution is 6.06. The summed E-state index contributed by atoms with van der Waals surface area (Å²) in [6, 6.07) is 1.91. The summed E-state index contributed by atoms with van der Waals surface area (Å²) in [7, 11) is 0. The number of aryl methyl sites for hydroxylation is 1. The highest BCUT2D eigenvalue weighted by Gasteiger charge is 2.45. The second-order valence-electron chi connectivity index (χ2n) is 5.81. The summed E-state index contributed by atoms with van der Waals surface area (Å²) in [6.45, 7) is 4.02. The smallest absolute Gasteiger partial charge is 0.130 e. The molecule has 0 unspecified atom stereocenters. The van der Waals surface area contributed by atoms with Crippen molar-refractivity contribution in [1.82, 2.24) is 0 Å². The number of benzene rings is 1. The van der Waals surface area contributed by atoms with Crippen molar-refractivity contribution in [2.45, 2.75) is 58.0 Å². The number of aromatic hydroxyl groups is 1. The molecule has 4 heteroatoms. The zero-order chi connectivity index (χ0) is 14.3. The highest BCUT2D eigenvalue weighted by Crippen LogP contribution is 2.48. The molecule has 1 saturated carbocycles. The predicted molar refractivity (Wildman–Crippen MR) is 77.0 cm³/mol. The predicted octanol–water partition coefficient (Wildman–Crippen LogP) is 3.40. The number of phenols is 1. The Hall–Kier alpha value is -1.71. The fraction of sp³-hybridized carbons (Fsp3) is 0.562.